The van der Waals surface area contributed by atoms with Crippen molar-refractivity contribution in [2.75, 3.05) is 5.32 Å². The molecule has 0 spiro atoms. The molecule has 1 amide bonds. The van der Waals surface area contributed by atoms with E-state index in [2.05, 4.69) is 25.4 Å². The Bertz CT molecular complexity index is 1300. The molecule has 1 aromatic carbocycles. The Balaban J connectivity index is 1.51. The van der Waals surface area contributed by atoms with Crippen LogP contribution in [-0.2, 0) is 13.2 Å². The van der Waals surface area contributed by atoms with Gasteiger partial charge in [0.2, 0.25) is 5.82 Å². The Hall–Kier alpha value is -3.69. The van der Waals surface area contributed by atoms with Crippen LogP contribution < -0.4 is 5.32 Å². The Morgan fingerprint density at radius 1 is 1.19 bits per heavy atom. The van der Waals surface area contributed by atoms with Crippen molar-refractivity contribution in [3.63, 3.8) is 0 Å². The number of aryl methyl sites for hydroxylation is 1. The van der Waals surface area contributed by atoms with E-state index in [0.29, 0.717) is 22.6 Å². The van der Waals surface area contributed by atoms with Crippen LogP contribution in [0.3, 0.4) is 0 Å². The Labute approximate surface area is 174 Å². The lowest BCUT2D eigenvalue weighted by atomic mass is 9.98. The van der Waals surface area contributed by atoms with Crippen LogP contribution >= 0.6 is 0 Å². The van der Waals surface area contributed by atoms with Gasteiger partial charge in [-0.05, 0) is 54.7 Å². The third-order valence-corrected chi connectivity index (χ3v) is 5.32. The van der Waals surface area contributed by atoms with Crippen molar-refractivity contribution >= 4 is 22.8 Å². The van der Waals surface area contributed by atoms with Crippen molar-refractivity contribution < 1.29 is 18.0 Å². The van der Waals surface area contributed by atoms with E-state index in [4.69, 9.17) is 0 Å². The highest BCUT2D eigenvalue weighted by Gasteiger charge is 2.35. The second kappa shape index (κ2) is 6.93. The van der Waals surface area contributed by atoms with E-state index in [1.807, 2.05) is 0 Å². The molecule has 1 aliphatic rings. The molecule has 158 valence electrons. The fourth-order valence-electron chi connectivity index (χ4n) is 3.60. The van der Waals surface area contributed by atoms with E-state index in [1.54, 1.807) is 37.4 Å². The molecule has 0 unspecified atom stereocenters. The predicted molar refractivity (Wildman–Crippen MR) is 107 cm³/mol. The Morgan fingerprint density at radius 3 is 2.68 bits per heavy atom. The van der Waals surface area contributed by atoms with Gasteiger partial charge in [-0.15, -0.1) is 0 Å². The number of hydrogen-bond acceptors (Lipinski definition) is 4. The van der Waals surface area contributed by atoms with Crippen LogP contribution in [0.5, 0.6) is 0 Å². The summed E-state index contributed by atoms with van der Waals surface area (Å²) in [6.07, 6.45) is -1.23. The summed E-state index contributed by atoms with van der Waals surface area (Å²) < 4.78 is 42.2. The third kappa shape index (κ3) is 3.65. The highest BCUT2D eigenvalue weighted by Crippen LogP contribution is 2.44. The molecule has 0 saturated heterocycles. The normalized spacial score (nSPS) is 14.2. The summed E-state index contributed by atoms with van der Waals surface area (Å²) in [5, 5.41) is 7.10. The number of benzene rings is 1. The number of nitrogens with zero attached hydrogens (tertiary/aromatic N) is 4. The lowest BCUT2D eigenvalue weighted by molar-refractivity contribution is -0.137. The summed E-state index contributed by atoms with van der Waals surface area (Å²) in [4.78, 5) is 23.5. The quantitative estimate of drug-likeness (QED) is 0.503. The Kier molecular flexibility index (Phi) is 4.31. The van der Waals surface area contributed by atoms with Crippen molar-refractivity contribution in [2.45, 2.75) is 24.9 Å². The van der Waals surface area contributed by atoms with Crippen LogP contribution in [-0.4, -0.2) is 30.6 Å². The second-order valence-corrected chi connectivity index (χ2v) is 7.56. The molecule has 1 fully saturated rings. The number of carbonyl (C=O) groups excluding carboxylic acids is 1. The average Bonchev–Trinajstić information content (AvgIpc) is 3.35. The van der Waals surface area contributed by atoms with Crippen LogP contribution in [0.25, 0.3) is 22.3 Å². The van der Waals surface area contributed by atoms with Gasteiger partial charge in [-0.1, -0.05) is 6.07 Å². The summed E-state index contributed by atoms with van der Waals surface area (Å²) in [7, 11) is 1.59. The fourth-order valence-corrected chi connectivity index (χ4v) is 3.60. The van der Waals surface area contributed by atoms with E-state index in [9.17, 15) is 18.0 Å². The van der Waals surface area contributed by atoms with E-state index < -0.39 is 17.6 Å². The van der Waals surface area contributed by atoms with Crippen molar-refractivity contribution in [3.8, 4) is 11.3 Å². The highest BCUT2D eigenvalue weighted by atomic mass is 19.4. The summed E-state index contributed by atoms with van der Waals surface area (Å²) in [6, 6.07) is 9.23. The van der Waals surface area contributed by atoms with E-state index in [1.165, 1.54) is 11.0 Å². The van der Waals surface area contributed by atoms with Crippen LogP contribution in [0.15, 0.2) is 42.7 Å². The van der Waals surface area contributed by atoms with Crippen molar-refractivity contribution in [2.24, 2.45) is 7.05 Å². The van der Waals surface area contributed by atoms with Gasteiger partial charge in [0.1, 0.15) is 17.8 Å². The number of halogens is 3. The molecule has 7 nitrogen and oxygen atoms in total. The number of anilines is 1. The van der Waals surface area contributed by atoms with Gasteiger partial charge in [-0.25, -0.2) is 14.6 Å². The maximum Gasteiger partial charge on any atom is 0.417 e. The molecule has 0 aliphatic heterocycles. The molecule has 4 aromatic rings. The largest absolute Gasteiger partial charge is 0.417 e. The summed E-state index contributed by atoms with van der Waals surface area (Å²) in [5.74, 6) is 0.193. The zero-order chi connectivity index (χ0) is 21.8. The SMILES string of the molecule is Cn1ncnc1C(=O)Nc1ccc2cc(-c3cc(C4CC4)ccc3C(F)(F)F)[nH]c2n1. The highest BCUT2D eigenvalue weighted by molar-refractivity contribution is 6.01. The van der Waals surface area contributed by atoms with Gasteiger partial charge in [-0.3, -0.25) is 4.79 Å². The molecule has 3 heterocycles. The van der Waals surface area contributed by atoms with Crippen molar-refractivity contribution in [1.82, 2.24) is 24.7 Å². The third-order valence-electron chi connectivity index (χ3n) is 5.32. The molecule has 0 bridgehead atoms. The van der Waals surface area contributed by atoms with E-state index >= 15 is 0 Å². The van der Waals surface area contributed by atoms with Gasteiger partial charge in [-0.2, -0.15) is 18.3 Å². The number of aromatic nitrogens is 5. The molecular formula is C21H17F3N6O. The van der Waals surface area contributed by atoms with Gasteiger partial charge >= 0.3 is 6.18 Å². The summed E-state index contributed by atoms with van der Waals surface area (Å²) in [6.45, 7) is 0. The van der Waals surface area contributed by atoms with Crippen LogP contribution in [0.2, 0.25) is 0 Å². The van der Waals surface area contributed by atoms with Gasteiger partial charge in [0.15, 0.2) is 0 Å². The maximum atomic E-state index is 13.6. The van der Waals surface area contributed by atoms with Crippen LogP contribution in [0.4, 0.5) is 19.0 Å². The summed E-state index contributed by atoms with van der Waals surface area (Å²) in [5.41, 5.74) is 1.01. The van der Waals surface area contributed by atoms with Crippen molar-refractivity contribution in [3.05, 3.63) is 59.7 Å². The predicted octanol–water partition coefficient (Wildman–Crippen LogP) is 4.51. The average molecular weight is 426 g/mol. The lowest BCUT2D eigenvalue weighted by Crippen LogP contribution is -2.18. The molecule has 1 saturated carbocycles. The standard InChI is InChI=1S/C21H17F3N6O/c1-30-19(25-10-26-30)20(31)29-17-7-5-13-9-16(27-18(13)28-17)14-8-12(11-2-3-11)4-6-15(14)21(22,23)24/h4-11H,2-3H2,1H3,(H2,27,28,29,31). The lowest BCUT2D eigenvalue weighted by Gasteiger charge is -2.13. The number of pyridine rings is 1. The number of amides is 1. The van der Waals surface area contributed by atoms with Crippen LogP contribution in [0, 0.1) is 0 Å². The molecule has 2 N–H and O–H groups in total. The van der Waals surface area contributed by atoms with Gasteiger partial charge in [0.25, 0.3) is 5.91 Å². The minimum Gasteiger partial charge on any atom is -0.339 e. The monoisotopic (exact) mass is 426 g/mol. The topological polar surface area (TPSA) is 88.5 Å². The van der Waals surface area contributed by atoms with Crippen LogP contribution in [0.1, 0.15) is 40.5 Å². The molecule has 5 rings (SSSR count). The van der Waals surface area contributed by atoms with Crippen molar-refractivity contribution in [1.29, 1.82) is 0 Å². The maximum absolute atomic E-state index is 13.6. The molecule has 3 aromatic heterocycles. The molecule has 1 aliphatic carbocycles. The first-order valence-corrected chi connectivity index (χ1v) is 9.66. The number of fused-ring (bicyclic) bond motifs is 1. The number of H-pyrrole nitrogens is 1. The van der Waals surface area contributed by atoms with Gasteiger partial charge in [0.05, 0.1) is 5.56 Å². The minimum absolute atomic E-state index is 0.0968. The second-order valence-electron chi connectivity index (χ2n) is 7.56. The number of rotatable bonds is 4. The molecule has 0 radical (unpaired) electrons. The first-order valence-electron chi connectivity index (χ1n) is 9.66. The van der Waals surface area contributed by atoms with Gasteiger partial charge in [0, 0.05) is 23.7 Å². The summed E-state index contributed by atoms with van der Waals surface area (Å²) >= 11 is 0. The zero-order valence-electron chi connectivity index (χ0n) is 16.4. The Morgan fingerprint density at radius 2 is 2.00 bits per heavy atom. The van der Waals surface area contributed by atoms with E-state index in [0.717, 1.165) is 24.5 Å². The number of nitrogens with one attached hydrogen (secondary N) is 2. The molecule has 31 heavy (non-hydrogen) atoms. The number of carbonyl (C=O) groups is 1. The number of aromatic amines is 1. The first kappa shape index (κ1) is 19.3. The molecule has 10 heteroatoms. The smallest absolute Gasteiger partial charge is 0.339 e. The zero-order valence-corrected chi connectivity index (χ0v) is 16.4. The first-order chi connectivity index (χ1) is 14.8. The molecule has 0 atom stereocenters. The number of hydrogen-bond donors (Lipinski definition) is 2. The molecular weight excluding hydrogens is 409 g/mol. The fraction of sp³-hybridized carbons (Fsp3) is 0.238. The minimum atomic E-state index is -4.47. The number of alkyl halides is 3. The van der Waals surface area contributed by atoms with E-state index in [-0.39, 0.29) is 17.2 Å². The van der Waals surface area contributed by atoms with Gasteiger partial charge < -0.3 is 10.3 Å².